The van der Waals surface area contributed by atoms with E-state index < -0.39 is 0 Å². The van der Waals surface area contributed by atoms with Gasteiger partial charge < -0.3 is 15.4 Å². The molecule has 0 atom stereocenters. The van der Waals surface area contributed by atoms with Crippen LogP contribution in [0.15, 0.2) is 23.3 Å². The van der Waals surface area contributed by atoms with Crippen molar-refractivity contribution in [1.82, 2.24) is 15.6 Å². The van der Waals surface area contributed by atoms with Gasteiger partial charge in [0.2, 0.25) is 5.88 Å². The summed E-state index contributed by atoms with van der Waals surface area (Å²) in [5.74, 6) is 1.48. The number of guanidine groups is 1. The first-order valence-corrected chi connectivity index (χ1v) is 5.78. The zero-order valence-corrected chi connectivity index (χ0v) is 13.0. The molecule has 0 bridgehead atoms. The minimum atomic E-state index is 0. The maximum atomic E-state index is 5.01. The maximum Gasteiger partial charge on any atom is 0.212 e. The fourth-order valence-electron chi connectivity index (χ4n) is 1.44. The average molecular weight is 362 g/mol. The van der Waals surface area contributed by atoms with E-state index in [0.717, 1.165) is 11.5 Å². The van der Waals surface area contributed by atoms with Crippen molar-refractivity contribution in [3.8, 4) is 5.88 Å². The molecule has 6 heteroatoms. The summed E-state index contributed by atoms with van der Waals surface area (Å²) in [6.07, 6.45) is 4.28. The van der Waals surface area contributed by atoms with E-state index in [1.807, 2.05) is 12.1 Å². The lowest BCUT2D eigenvalue weighted by Gasteiger charge is -2.10. The molecule has 1 aliphatic rings. The summed E-state index contributed by atoms with van der Waals surface area (Å²) in [6, 6.07) is 4.45. The molecule has 0 unspecified atom stereocenters. The van der Waals surface area contributed by atoms with Crippen LogP contribution in [0, 0.1) is 0 Å². The van der Waals surface area contributed by atoms with E-state index in [-0.39, 0.29) is 24.0 Å². The Morgan fingerprint density at radius 3 is 2.78 bits per heavy atom. The molecule has 2 rings (SSSR count). The minimum Gasteiger partial charge on any atom is -0.481 e. The molecule has 0 aromatic carbocycles. The molecule has 1 aromatic heterocycles. The molecule has 1 fully saturated rings. The number of ether oxygens (including phenoxy) is 1. The predicted octanol–water partition coefficient (Wildman–Crippen LogP) is 1.54. The summed E-state index contributed by atoms with van der Waals surface area (Å²) in [5.41, 5.74) is 1.10. The number of nitrogens with one attached hydrogen (secondary N) is 2. The summed E-state index contributed by atoms with van der Waals surface area (Å²) in [6.45, 7) is 0.712. The van der Waals surface area contributed by atoms with Gasteiger partial charge in [-0.1, -0.05) is 6.07 Å². The maximum absolute atomic E-state index is 5.01. The fraction of sp³-hybridized carbons (Fsp3) is 0.500. The van der Waals surface area contributed by atoms with Crippen LogP contribution in [0.4, 0.5) is 0 Å². The highest BCUT2D eigenvalue weighted by Gasteiger charge is 2.21. The molecule has 0 amide bonds. The third-order valence-corrected chi connectivity index (χ3v) is 2.61. The molecule has 0 radical (unpaired) electrons. The van der Waals surface area contributed by atoms with Crippen molar-refractivity contribution in [2.24, 2.45) is 4.99 Å². The molecule has 100 valence electrons. The van der Waals surface area contributed by atoms with Gasteiger partial charge in [-0.15, -0.1) is 24.0 Å². The van der Waals surface area contributed by atoms with Crippen molar-refractivity contribution in [2.75, 3.05) is 14.2 Å². The lowest BCUT2D eigenvalue weighted by Crippen LogP contribution is -2.38. The van der Waals surface area contributed by atoms with Crippen molar-refractivity contribution < 1.29 is 4.74 Å². The van der Waals surface area contributed by atoms with Gasteiger partial charge in [0.05, 0.1) is 7.11 Å². The molecule has 0 aliphatic heterocycles. The number of hydrogen-bond donors (Lipinski definition) is 2. The van der Waals surface area contributed by atoms with Crippen LogP contribution >= 0.6 is 24.0 Å². The van der Waals surface area contributed by atoms with Crippen molar-refractivity contribution in [2.45, 2.75) is 25.4 Å². The van der Waals surface area contributed by atoms with Gasteiger partial charge >= 0.3 is 0 Å². The quantitative estimate of drug-likeness (QED) is 0.485. The predicted molar refractivity (Wildman–Crippen MR) is 82.6 cm³/mol. The Morgan fingerprint density at radius 2 is 2.28 bits per heavy atom. The van der Waals surface area contributed by atoms with E-state index >= 15 is 0 Å². The molecule has 5 nitrogen and oxygen atoms in total. The van der Waals surface area contributed by atoms with E-state index in [9.17, 15) is 0 Å². The molecule has 1 aromatic rings. The number of halogens is 1. The zero-order valence-electron chi connectivity index (χ0n) is 10.6. The molecular weight excluding hydrogens is 343 g/mol. The van der Waals surface area contributed by atoms with Crippen molar-refractivity contribution in [1.29, 1.82) is 0 Å². The van der Waals surface area contributed by atoms with Gasteiger partial charge in [-0.05, 0) is 18.4 Å². The lowest BCUT2D eigenvalue weighted by atomic mass is 10.3. The van der Waals surface area contributed by atoms with E-state index in [0.29, 0.717) is 18.5 Å². The van der Waals surface area contributed by atoms with E-state index in [1.54, 1.807) is 20.4 Å². The highest BCUT2D eigenvalue weighted by Crippen LogP contribution is 2.18. The van der Waals surface area contributed by atoms with Crippen LogP contribution in [-0.2, 0) is 6.54 Å². The standard InChI is InChI=1S/C12H18N4O.HI/c1-13-12(16-10-4-5-10)15-8-9-3-6-11(17-2)14-7-9;/h3,6-7,10H,4-5,8H2,1-2H3,(H2,13,15,16);1H. The normalized spacial score (nSPS) is 14.7. The Kier molecular flexibility index (Phi) is 6.17. The Hall–Kier alpha value is -1.05. The largest absolute Gasteiger partial charge is 0.481 e. The van der Waals surface area contributed by atoms with Crippen molar-refractivity contribution in [3.05, 3.63) is 23.9 Å². The molecule has 18 heavy (non-hydrogen) atoms. The van der Waals surface area contributed by atoms with E-state index in [2.05, 4.69) is 20.6 Å². The SMILES string of the molecule is CN=C(NCc1ccc(OC)nc1)NC1CC1.I. The number of aliphatic imine (C=N–C) groups is 1. The Labute approximate surface area is 124 Å². The number of hydrogen-bond acceptors (Lipinski definition) is 3. The highest BCUT2D eigenvalue weighted by molar-refractivity contribution is 14.0. The van der Waals surface area contributed by atoms with Gasteiger partial charge in [0.1, 0.15) is 0 Å². The third-order valence-electron chi connectivity index (χ3n) is 2.61. The molecule has 0 saturated heterocycles. The number of rotatable bonds is 4. The topological polar surface area (TPSA) is 58.5 Å². The van der Waals surface area contributed by atoms with Gasteiger partial charge in [0.15, 0.2) is 5.96 Å². The Morgan fingerprint density at radius 1 is 1.50 bits per heavy atom. The number of pyridine rings is 1. The van der Waals surface area contributed by atoms with Crippen molar-refractivity contribution >= 4 is 29.9 Å². The fourth-order valence-corrected chi connectivity index (χ4v) is 1.44. The second-order valence-corrected chi connectivity index (χ2v) is 4.05. The Balaban J connectivity index is 0.00000162. The van der Waals surface area contributed by atoms with Crippen LogP contribution in [0.1, 0.15) is 18.4 Å². The lowest BCUT2D eigenvalue weighted by molar-refractivity contribution is 0.397. The highest BCUT2D eigenvalue weighted by atomic mass is 127. The number of methoxy groups -OCH3 is 1. The Bertz CT molecular complexity index is 390. The number of aromatic nitrogens is 1. The minimum absolute atomic E-state index is 0. The third kappa shape index (κ3) is 4.67. The summed E-state index contributed by atoms with van der Waals surface area (Å²) in [7, 11) is 3.39. The average Bonchev–Trinajstić information content (AvgIpc) is 3.19. The monoisotopic (exact) mass is 362 g/mol. The van der Waals surface area contributed by atoms with Crippen LogP contribution in [0.5, 0.6) is 5.88 Å². The van der Waals surface area contributed by atoms with Crippen LogP contribution in [-0.4, -0.2) is 31.1 Å². The van der Waals surface area contributed by atoms with Crippen LogP contribution in [0.25, 0.3) is 0 Å². The first-order valence-electron chi connectivity index (χ1n) is 5.78. The molecule has 2 N–H and O–H groups in total. The van der Waals surface area contributed by atoms with Crippen LogP contribution < -0.4 is 15.4 Å². The zero-order chi connectivity index (χ0) is 12.1. The molecule has 0 spiro atoms. The molecular formula is C12H19IN4O. The second kappa shape index (κ2) is 7.40. The smallest absolute Gasteiger partial charge is 0.212 e. The summed E-state index contributed by atoms with van der Waals surface area (Å²) < 4.78 is 5.01. The van der Waals surface area contributed by atoms with Gasteiger partial charge in [0, 0.05) is 31.9 Å². The van der Waals surface area contributed by atoms with Crippen molar-refractivity contribution in [3.63, 3.8) is 0 Å². The van der Waals surface area contributed by atoms with Gasteiger partial charge in [-0.25, -0.2) is 4.98 Å². The van der Waals surface area contributed by atoms with Gasteiger partial charge in [0.25, 0.3) is 0 Å². The van der Waals surface area contributed by atoms with E-state index in [4.69, 9.17) is 4.74 Å². The molecule has 1 saturated carbocycles. The molecule has 1 aliphatic carbocycles. The summed E-state index contributed by atoms with van der Waals surface area (Å²) >= 11 is 0. The first-order chi connectivity index (χ1) is 8.31. The van der Waals surface area contributed by atoms with Crippen LogP contribution in [0.2, 0.25) is 0 Å². The van der Waals surface area contributed by atoms with Crippen LogP contribution in [0.3, 0.4) is 0 Å². The number of nitrogens with zero attached hydrogens (tertiary/aromatic N) is 2. The summed E-state index contributed by atoms with van der Waals surface area (Å²) in [5, 5.41) is 6.58. The van der Waals surface area contributed by atoms with Gasteiger partial charge in [-0.3, -0.25) is 4.99 Å². The summed E-state index contributed by atoms with van der Waals surface area (Å²) in [4.78, 5) is 8.32. The van der Waals surface area contributed by atoms with Gasteiger partial charge in [-0.2, -0.15) is 0 Å². The van der Waals surface area contributed by atoms with E-state index in [1.165, 1.54) is 12.8 Å². The molecule has 1 heterocycles. The first kappa shape index (κ1) is 15.0. The second-order valence-electron chi connectivity index (χ2n) is 4.05.